The Labute approximate surface area is 98.5 Å². The first kappa shape index (κ1) is 13.7. The van der Waals surface area contributed by atoms with E-state index in [9.17, 15) is 13.2 Å². The van der Waals surface area contributed by atoms with Gasteiger partial charge in [-0.05, 0) is 25.2 Å². The maximum atomic E-state index is 11.7. The molecule has 94 valence electrons. The van der Waals surface area contributed by atoms with Gasteiger partial charge in [0.05, 0.1) is 5.75 Å². The van der Waals surface area contributed by atoms with E-state index in [1.165, 1.54) is 0 Å². The fraction of sp³-hybridized carbons (Fsp3) is 0.917. The van der Waals surface area contributed by atoms with Crippen molar-refractivity contribution in [1.82, 2.24) is 0 Å². The van der Waals surface area contributed by atoms with Crippen LogP contribution >= 0.6 is 0 Å². The van der Waals surface area contributed by atoms with E-state index in [0.29, 0.717) is 18.8 Å². The molecule has 4 heteroatoms. The second kappa shape index (κ2) is 5.80. The van der Waals surface area contributed by atoms with Gasteiger partial charge in [0.25, 0.3) is 0 Å². The summed E-state index contributed by atoms with van der Waals surface area (Å²) in [6.07, 6.45) is 4.17. The Hall–Kier alpha value is -0.380. The Kier molecular flexibility index (Phi) is 4.96. The average molecular weight is 246 g/mol. The number of rotatable bonds is 5. The highest BCUT2D eigenvalue weighted by Gasteiger charge is 2.28. The molecule has 0 aromatic rings. The minimum Gasteiger partial charge on any atom is -0.299 e. The van der Waals surface area contributed by atoms with E-state index in [2.05, 4.69) is 6.92 Å². The Morgan fingerprint density at radius 2 is 2.00 bits per heavy atom. The van der Waals surface area contributed by atoms with Crippen molar-refractivity contribution in [2.75, 3.05) is 11.5 Å². The highest BCUT2D eigenvalue weighted by atomic mass is 32.2. The lowest BCUT2D eigenvalue weighted by molar-refractivity contribution is -0.125. The van der Waals surface area contributed by atoms with Crippen molar-refractivity contribution in [1.29, 1.82) is 0 Å². The number of sulfone groups is 1. The molecular weight excluding hydrogens is 224 g/mol. The molecule has 0 spiro atoms. The first-order chi connectivity index (χ1) is 7.48. The largest absolute Gasteiger partial charge is 0.299 e. The molecule has 0 aromatic heterocycles. The lowest BCUT2D eigenvalue weighted by Gasteiger charge is -2.27. The molecule has 2 atom stereocenters. The third kappa shape index (κ3) is 3.89. The van der Waals surface area contributed by atoms with Crippen LogP contribution in [0.5, 0.6) is 0 Å². The molecule has 1 aliphatic carbocycles. The molecule has 1 saturated carbocycles. The minimum atomic E-state index is -2.92. The maximum Gasteiger partial charge on any atom is 0.150 e. The molecule has 1 fully saturated rings. The van der Waals surface area contributed by atoms with Crippen molar-refractivity contribution < 1.29 is 13.2 Å². The second-order valence-electron chi connectivity index (χ2n) is 4.74. The number of carbonyl (C=O) groups excluding carboxylic acids is 1. The summed E-state index contributed by atoms with van der Waals surface area (Å²) in [6.45, 7) is 3.80. The van der Waals surface area contributed by atoms with Crippen LogP contribution in [0, 0.1) is 11.8 Å². The molecule has 16 heavy (non-hydrogen) atoms. The van der Waals surface area contributed by atoms with Gasteiger partial charge >= 0.3 is 0 Å². The summed E-state index contributed by atoms with van der Waals surface area (Å²) in [7, 11) is -2.92. The van der Waals surface area contributed by atoms with Crippen molar-refractivity contribution in [3.63, 3.8) is 0 Å². The van der Waals surface area contributed by atoms with Crippen LogP contribution in [0.1, 0.15) is 46.0 Å². The van der Waals surface area contributed by atoms with E-state index >= 15 is 0 Å². The molecule has 0 saturated heterocycles. The summed E-state index contributed by atoms with van der Waals surface area (Å²) in [4.78, 5) is 11.7. The van der Waals surface area contributed by atoms with E-state index < -0.39 is 9.84 Å². The topological polar surface area (TPSA) is 51.2 Å². The van der Waals surface area contributed by atoms with Crippen LogP contribution < -0.4 is 0 Å². The quantitative estimate of drug-likeness (QED) is 0.747. The van der Waals surface area contributed by atoms with Crippen LogP contribution in [0.25, 0.3) is 0 Å². The van der Waals surface area contributed by atoms with Crippen LogP contribution in [-0.2, 0) is 14.6 Å². The van der Waals surface area contributed by atoms with Crippen molar-refractivity contribution in [2.45, 2.75) is 46.0 Å². The van der Waals surface area contributed by atoms with Crippen LogP contribution in [-0.4, -0.2) is 25.7 Å². The Balaban J connectivity index is 2.49. The highest BCUT2D eigenvalue weighted by molar-refractivity contribution is 7.91. The summed E-state index contributed by atoms with van der Waals surface area (Å²) < 4.78 is 22.8. The summed E-state index contributed by atoms with van der Waals surface area (Å²) in [5.41, 5.74) is 0. The fourth-order valence-electron chi connectivity index (χ4n) is 2.32. The number of carbonyl (C=O) groups is 1. The number of Topliss-reactive ketones (excluding diaryl/α,β-unsaturated/α-hetero) is 1. The van der Waals surface area contributed by atoms with Crippen LogP contribution in [0.2, 0.25) is 0 Å². The molecule has 1 rings (SSSR count). The third-order valence-electron chi connectivity index (χ3n) is 3.67. The van der Waals surface area contributed by atoms with Crippen molar-refractivity contribution >= 4 is 15.6 Å². The molecular formula is C12H22O3S. The standard InChI is InChI=1S/C12H22O3S/c1-3-10-5-6-12(13)11(9-10)7-8-16(14,15)4-2/h10-11H,3-9H2,1-2H3. The maximum absolute atomic E-state index is 11.7. The number of hydrogen-bond donors (Lipinski definition) is 0. The predicted molar refractivity (Wildman–Crippen MR) is 65.1 cm³/mol. The first-order valence-corrected chi connectivity index (χ1v) is 8.03. The molecule has 0 heterocycles. The molecule has 2 unspecified atom stereocenters. The zero-order valence-electron chi connectivity index (χ0n) is 10.2. The van der Waals surface area contributed by atoms with Gasteiger partial charge in [0.2, 0.25) is 0 Å². The van der Waals surface area contributed by atoms with Crippen molar-refractivity contribution in [2.24, 2.45) is 11.8 Å². The predicted octanol–water partition coefficient (Wildman–Crippen LogP) is 2.21. The lowest BCUT2D eigenvalue weighted by Crippen LogP contribution is -2.27. The molecule has 0 aromatic carbocycles. The Morgan fingerprint density at radius 3 is 2.56 bits per heavy atom. The van der Waals surface area contributed by atoms with Gasteiger partial charge in [0.1, 0.15) is 15.6 Å². The smallest absolute Gasteiger partial charge is 0.150 e. The van der Waals surface area contributed by atoms with Gasteiger partial charge in [0.15, 0.2) is 0 Å². The minimum absolute atomic E-state index is 0.0000231. The molecule has 0 aliphatic heterocycles. The fourth-order valence-corrected chi connectivity index (χ4v) is 3.25. The first-order valence-electron chi connectivity index (χ1n) is 6.21. The van der Waals surface area contributed by atoms with Gasteiger partial charge in [-0.2, -0.15) is 0 Å². The molecule has 1 aliphatic rings. The summed E-state index contributed by atoms with van der Waals surface area (Å²) in [5, 5.41) is 0. The second-order valence-corrected chi connectivity index (χ2v) is 7.21. The van der Waals surface area contributed by atoms with Gasteiger partial charge in [0, 0.05) is 18.1 Å². The van der Waals surface area contributed by atoms with Crippen LogP contribution in [0.15, 0.2) is 0 Å². The Morgan fingerprint density at radius 1 is 1.31 bits per heavy atom. The summed E-state index contributed by atoms with van der Waals surface area (Å²) in [5.74, 6) is 1.25. The monoisotopic (exact) mass is 246 g/mol. The number of ketones is 1. The summed E-state index contributed by atoms with van der Waals surface area (Å²) >= 11 is 0. The average Bonchev–Trinajstić information content (AvgIpc) is 2.28. The van der Waals surface area contributed by atoms with Gasteiger partial charge in [-0.25, -0.2) is 8.42 Å². The Bertz CT molecular complexity index is 332. The normalized spacial score (nSPS) is 27.0. The zero-order chi connectivity index (χ0) is 12.2. The zero-order valence-corrected chi connectivity index (χ0v) is 11.1. The highest BCUT2D eigenvalue weighted by Crippen LogP contribution is 2.30. The van der Waals surface area contributed by atoms with Crippen molar-refractivity contribution in [3.05, 3.63) is 0 Å². The number of hydrogen-bond acceptors (Lipinski definition) is 3. The van der Waals surface area contributed by atoms with Gasteiger partial charge in [-0.15, -0.1) is 0 Å². The molecule has 3 nitrogen and oxygen atoms in total. The molecule has 0 bridgehead atoms. The van der Waals surface area contributed by atoms with E-state index in [-0.39, 0.29) is 23.2 Å². The summed E-state index contributed by atoms with van der Waals surface area (Å²) in [6, 6.07) is 0. The van der Waals surface area contributed by atoms with E-state index in [0.717, 1.165) is 19.3 Å². The van der Waals surface area contributed by atoms with E-state index in [1.807, 2.05) is 0 Å². The van der Waals surface area contributed by atoms with Gasteiger partial charge in [-0.3, -0.25) is 4.79 Å². The van der Waals surface area contributed by atoms with Gasteiger partial charge in [-0.1, -0.05) is 20.3 Å². The third-order valence-corrected chi connectivity index (χ3v) is 5.40. The molecule has 0 N–H and O–H groups in total. The lowest BCUT2D eigenvalue weighted by atomic mass is 9.78. The molecule has 0 radical (unpaired) electrons. The van der Waals surface area contributed by atoms with Gasteiger partial charge < -0.3 is 0 Å². The molecule has 0 amide bonds. The van der Waals surface area contributed by atoms with Crippen LogP contribution in [0.3, 0.4) is 0 Å². The SMILES string of the molecule is CCC1CCC(=O)C(CCS(=O)(=O)CC)C1. The van der Waals surface area contributed by atoms with E-state index in [4.69, 9.17) is 0 Å². The van der Waals surface area contributed by atoms with Crippen LogP contribution in [0.4, 0.5) is 0 Å². The van der Waals surface area contributed by atoms with Crippen molar-refractivity contribution in [3.8, 4) is 0 Å². The van der Waals surface area contributed by atoms with E-state index in [1.54, 1.807) is 6.92 Å².